The lowest BCUT2D eigenvalue weighted by molar-refractivity contribution is 0.798. The van der Waals surface area contributed by atoms with E-state index in [0.29, 0.717) is 0 Å². The molecule has 0 saturated heterocycles. The fourth-order valence-corrected chi connectivity index (χ4v) is 0.815. The Kier molecular flexibility index (Phi) is 5.38. The van der Waals surface area contributed by atoms with E-state index in [1.54, 1.807) is 0 Å². The largest absolute Gasteiger partial charge is 0.389 e. The van der Waals surface area contributed by atoms with Gasteiger partial charge in [-0.15, -0.1) is 0 Å². The first-order valence-corrected chi connectivity index (χ1v) is 3.78. The van der Waals surface area contributed by atoms with Crippen LogP contribution in [0.4, 0.5) is 0 Å². The molecule has 0 rings (SSSR count). The monoisotopic (exact) mass is 127 g/mol. The SMILES string of the molecule is CC/C=C(/CC)NCC. The third-order valence-corrected chi connectivity index (χ3v) is 1.24. The molecule has 1 N–H and O–H groups in total. The molecule has 0 unspecified atom stereocenters. The average Bonchev–Trinajstić information content (AvgIpc) is 1.88. The second-order valence-electron chi connectivity index (χ2n) is 2.02. The Hall–Kier alpha value is -0.460. The molecule has 0 aromatic heterocycles. The van der Waals surface area contributed by atoms with Crippen molar-refractivity contribution in [3.63, 3.8) is 0 Å². The lowest BCUT2D eigenvalue weighted by Crippen LogP contribution is -2.10. The van der Waals surface area contributed by atoms with Crippen LogP contribution in [0.25, 0.3) is 0 Å². The topological polar surface area (TPSA) is 12.0 Å². The van der Waals surface area contributed by atoms with Gasteiger partial charge in [-0.2, -0.15) is 0 Å². The highest BCUT2D eigenvalue weighted by Crippen LogP contribution is 1.95. The highest BCUT2D eigenvalue weighted by Gasteiger charge is 1.86. The van der Waals surface area contributed by atoms with E-state index in [9.17, 15) is 0 Å². The van der Waals surface area contributed by atoms with Gasteiger partial charge in [0.1, 0.15) is 0 Å². The van der Waals surface area contributed by atoms with Gasteiger partial charge in [-0.3, -0.25) is 0 Å². The van der Waals surface area contributed by atoms with Gasteiger partial charge in [-0.25, -0.2) is 0 Å². The minimum atomic E-state index is 1.04. The van der Waals surface area contributed by atoms with Crippen LogP contribution in [0.1, 0.15) is 33.6 Å². The van der Waals surface area contributed by atoms with E-state index in [2.05, 4.69) is 32.2 Å². The fraction of sp³-hybridized carbons (Fsp3) is 0.750. The van der Waals surface area contributed by atoms with Crippen molar-refractivity contribution in [3.8, 4) is 0 Å². The van der Waals surface area contributed by atoms with Crippen molar-refractivity contribution in [2.24, 2.45) is 0 Å². The molecule has 0 atom stereocenters. The zero-order chi connectivity index (χ0) is 7.11. The first kappa shape index (κ1) is 8.54. The van der Waals surface area contributed by atoms with Gasteiger partial charge in [0.2, 0.25) is 0 Å². The first-order chi connectivity index (χ1) is 4.35. The van der Waals surface area contributed by atoms with Gasteiger partial charge < -0.3 is 5.32 Å². The summed E-state index contributed by atoms with van der Waals surface area (Å²) in [6, 6.07) is 0. The molecule has 0 saturated carbocycles. The summed E-state index contributed by atoms with van der Waals surface area (Å²) in [6.45, 7) is 7.50. The Morgan fingerprint density at radius 1 is 1.33 bits per heavy atom. The molecule has 0 fully saturated rings. The van der Waals surface area contributed by atoms with Crippen LogP contribution in [-0.4, -0.2) is 6.54 Å². The Morgan fingerprint density at radius 3 is 2.33 bits per heavy atom. The van der Waals surface area contributed by atoms with Crippen LogP contribution in [0, 0.1) is 0 Å². The van der Waals surface area contributed by atoms with Crippen LogP contribution in [0.15, 0.2) is 11.8 Å². The zero-order valence-electron chi connectivity index (χ0n) is 6.70. The minimum absolute atomic E-state index is 1.04. The Morgan fingerprint density at radius 2 is 2.00 bits per heavy atom. The van der Waals surface area contributed by atoms with Crippen molar-refractivity contribution in [2.75, 3.05) is 6.54 Å². The fourth-order valence-electron chi connectivity index (χ4n) is 0.815. The molecule has 0 aliphatic rings. The van der Waals surface area contributed by atoms with E-state index < -0.39 is 0 Å². The van der Waals surface area contributed by atoms with E-state index in [1.807, 2.05) is 0 Å². The molecular weight excluding hydrogens is 110 g/mol. The third-order valence-electron chi connectivity index (χ3n) is 1.24. The van der Waals surface area contributed by atoms with Gasteiger partial charge in [0, 0.05) is 12.2 Å². The van der Waals surface area contributed by atoms with E-state index in [4.69, 9.17) is 0 Å². The van der Waals surface area contributed by atoms with Crippen LogP contribution in [-0.2, 0) is 0 Å². The minimum Gasteiger partial charge on any atom is -0.389 e. The smallest absolute Gasteiger partial charge is 0.0115 e. The summed E-state index contributed by atoms with van der Waals surface area (Å²) >= 11 is 0. The van der Waals surface area contributed by atoms with Crippen LogP contribution in [0.5, 0.6) is 0 Å². The Balaban J connectivity index is 3.53. The van der Waals surface area contributed by atoms with Crippen LogP contribution in [0.2, 0.25) is 0 Å². The molecule has 0 aromatic carbocycles. The number of allylic oxidation sites excluding steroid dienone is 2. The highest BCUT2D eigenvalue weighted by molar-refractivity contribution is 4.97. The summed E-state index contributed by atoms with van der Waals surface area (Å²) in [6.07, 6.45) is 4.50. The molecule has 0 amide bonds. The summed E-state index contributed by atoms with van der Waals surface area (Å²) < 4.78 is 0. The molecule has 1 heteroatoms. The summed E-state index contributed by atoms with van der Waals surface area (Å²) in [4.78, 5) is 0. The van der Waals surface area contributed by atoms with Crippen LogP contribution in [0.3, 0.4) is 0 Å². The molecule has 0 heterocycles. The van der Waals surface area contributed by atoms with Crippen molar-refractivity contribution in [1.82, 2.24) is 5.32 Å². The maximum atomic E-state index is 3.29. The van der Waals surface area contributed by atoms with Crippen molar-refractivity contribution >= 4 is 0 Å². The van der Waals surface area contributed by atoms with Gasteiger partial charge in [-0.05, 0) is 19.8 Å². The second kappa shape index (κ2) is 5.67. The lowest BCUT2D eigenvalue weighted by atomic mass is 10.3. The van der Waals surface area contributed by atoms with Crippen molar-refractivity contribution < 1.29 is 0 Å². The predicted octanol–water partition coefficient (Wildman–Crippen LogP) is 2.30. The molecule has 0 radical (unpaired) electrons. The Labute approximate surface area is 58.2 Å². The molecular formula is C8H17N. The number of nitrogens with one attached hydrogen (secondary N) is 1. The van der Waals surface area contributed by atoms with Crippen LogP contribution >= 0.6 is 0 Å². The van der Waals surface area contributed by atoms with E-state index in [-0.39, 0.29) is 0 Å². The summed E-state index contributed by atoms with van der Waals surface area (Å²) in [5.41, 5.74) is 1.38. The van der Waals surface area contributed by atoms with E-state index in [1.165, 1.54) is 5.70 Å². The second-order valence-corrected chi connectivity index (χ2v) is 2.02. The van der Waals surface area contributed by atoms with Gasteiger partial charge in [0.05, 0.1) is 0 Å². The molecule has 9 heavy (non-hydrogen) atoms. The van der Waals surface area contributed by atoms with E-state index >= 15 is 0 Å². The predicted molar refractivity (Wildman–Crippen MR) is 42.3 cm³/mol. The molecule has 54 valence electrons. The molecule has 1 nitrogen and oxygen atoms in total. The van der Waals surface area contributed by atoms with E-state index in [0.717, 1.165) is 19.4 Å². The lowest BCUT2D eigenvalue weighted by Gasteiger charge is -2.04. The first-order valence-electron chi connectivity index (χ1n) is 3.78. The maximum absolute atomic E-state index is 3.29. The van der Waals surface area contributed by atoms with Crippen LogP contribution < -0.4 is 5.32 Å². The normalized spacial score (nSPS) is 11.7. The third kappa shape index (κ3) is 4.07. The van der Waals surface area contributed by atoms with Crippen molar-refractivity contribution in [1.29, 1.82) is 0 Å². The molecule has 0 aliphatic carbocycles. The molecule has 0 aliphatic heterocycles. The molecule has 0 bridgehead atoms. The van der Waals surface area contributed by atoms with Crippen molar-refractivity contribution in [2.45, 2.75) is 33.6 Å². The van der Waals surface area contributed by atoms with Gasteiger partial charge in [-0.1, -0.05) is 19.9 Å². The average molecular weight is 127 g/mol. The Bertz CT molecular complexity index is 84.6. The summed E-state index contributed by atoms with van der Waals surface area (Å²) in [7, 11) is 0. The number of rotatable bonds is 4. The maximum Gasteiger partial charge on any atom is 0.0115 e. The quantitative estimate of drug-likeness (QED) is 0.611. The standard InChI is InChI=1S/C8H17N/c1-4-7-8(5-2)9-6-3/h7,9H,4-6H2,1-3H3/b8-7-. The van der Waals surface area contributed by atoms with Gasteiger partial charge in [0.15, 0.2) is 0 Å². The summed E-state index contributed by atoms with van der Waals surface area (Å²) in [5, 5.41) is 3.29. The number of hydrogen-bond acceptors (Lipinski definition) is 1. The zero-order valence-corrected chi connectivity index (χ0v) is 6.70. The summed E-state index contributed by atoms with van der Waals surface area (Å²) in [5.74, 6) is 0. The molecule has 0 spiro atoms. The molecule has 0 aromatic rings. The van der Waals surface area contributed by atoms with Gasteiger partial charge in [0.25, 0.3) is 0 Å². The highest BCUT2D eigenvalue weighted by atomic mass is 14.9. The number of hydrogen-bond donors (Lipinski definition) is 1. The van der Waals surface area contributed by atoms with Gasteiger partial charge >= 0.3 is 0 Å². The van der Waals surface area contributed by atoms with Crippen molar-refractivity contribution in [3.05, 3.63) is 11.8 Å².